The van der Waals surface area contributed by atoms with E-state index in [1.54, 1.807) is 12.1 Å². The Morgan fingerprint density at radius 3 is 2.68 bits per heavy atom. The summed E-state index contributed by atoms with van der Waals surface area (Å²) in [4.78, 5) is 20.5. The van der Waals surface area contributed by atoms with E-state index in [2.05, 4.69) is 31.1 Å². The third-order valence-electron chi connectivity index (χ3n) is 3.20. The standard InChI is InChI=1S/C18H25ClN6O2.HI/c1-5-20-17(21-10-14(26)24-18(2,3)4)22-11-15-23-16(25-27-15)12-7-6-8-13(19)9-12;/h6-9H,5,10-11H2,1-4H3,(H,24,26)(H2,20,21,22);1H. The Hall–Kier alpha value is -1.88. The SMILES string of the molecule is CCNC(=NCC(=O)NC(C)(C)C)NCc1nc(-c2cccc(Cl)c2)no1.I. The van der Waals surface area contributed by atoms with Gasteiger partial charge in [0.15, 0.2) is 5.96 Å². The molecule has 8 nitrogen and oxygen atoms in total. The van der Waals surface area contributed by atoms with Crippen LogP contribution >= 0.6 is 35.6 Å². The van der Waals surface area contributed by atoms with Crippen LogP contribution < -0.4 is 16.0 Å². The first-order chi connectivity index (χ1) is 12.8. The molecule has 1 aromatic carbocycles. The van der Waals surface area contributed by atoms with E-state index in [4.69, 9.17) is 16.1 Å². The number of benzene rings is 1. The lowest BCUT2D eigenvalue weighted by atomic mass is 10.1. The molecular formula is C18H26ClIN6O2. The monoisotopic (exact) mass is 520 g/mol. The fourth-order valence-corrected chi connectivity index (χ4v) is 2.37. The number of carbonyl (C=O) groups is 1. The minimum absolute atomic E-state index is 0. The fourth-order valence-electron chi connectivity index (χ4n) is 2.18. The Kier molecular flexibility index (Phi) is 9.66. The van der Waals surface area contributed by atoms with Crippen molar-refractivity contribution in [3.8, 4) is 11.4 Å². The number of halogens is 2. The molecule has 0 fully saturated rings. The van der Waals surface area contributed by atoms with Gasteiger partial charge in [-0.15, -0.1) is 24.0 Å². The van der Waals surface area contributed by atoms with Crippen LogP contribution in [0.5, 0.6) is 0 Å². The molecule has 3 N–H and O–H groups in total. The van der Waals surface area contributed by atoms with Gasteiger partial charge in [-0.25, -0.2) is 4.99 Å². The van der Waals surface area contributed by atoms with Gasteiger partial charge in [0.05, 0.1) is 6.54 Å². The Morgan fingerprint density at radius 2 is 2.04 bits per heavy atom. The average molecular weight is 521 g/mol. The second kappa shape index (κ2) is 11.2. The van der Waals surface area contributed by atoms with Crippen LogP contribution in [-0.2, 0) is 11.3 Å². The van der Waals surface area contributed by atoms with Gasteiger partial charge in [-0.1, -0.05) is 28.9 Å². The summed E-state index contributed by atoms with van der Waals surface area (Å²) in [5.41, 5.74) is 0.482. The van der Waals surface area contributed by atoms with Gasteiger partial charge in [0.2, 0.25) is 17.6 Å². The molecule has 0 spiro atoms. The molecule has 0 bridgehead atoms. The molecule has 0 aliphatic rings. The topological polar surface area (TPSA) is 104 Å². The zero-order valence-electron chi connectivity index (χ0n) is 16.4. The first kappa shape index (κ1) is 24.2. The maximum Gasteiger partial charge on any atom is 0.246 e. The van der Waals surface area contributed by atoms with E-state index in [-0.39, 0.29) is 48.5 Å². The van der Waals surface area contributed by atoms with Crippen molar-refractivity contribution in [2.75, 3.05) is 13.1 Å². The van der Waals surface area contributed by atoms with Crippen LogP contribution in [-0.4, -0.2) is 40.6 Å². The molecule has 2 aromatic rings. The van der Waals surface area contributed by atoms with Crippen LogP contribution in [0, 0.1) is 0 Å². The Morgan fingerprint density at radius 1 is 1.29 bits per heavy atom. The van der Waals surface area contributed by atoms with Gasteiger partial charge < -0.3 is 20.5 Å². The van der Waals surface area contributed by atoms with Crippen LogP contribution in [0.15, 0.2) is 33.8 Å². The van der Waals surface area contributed by atoms with Gasteiger partial charge in [0.25, 0.3) is 0 Å². The van der Waals surface area contributed by atoms with Gasteiger partial charge >= 0.3 is 0 Å². The molecular weight excluding hydrogens is 495 g/mol. The minimum atomic E-state index is -0.293. The highest BCUT2D eigenvalue weighted by Gasteiger charge is 2.14. The van der Waals surface area contributed by atoms with E-state index in [9.17, 15) is 4.79 Å². The van der Waals surface area contributed by atoms with Crippen molar-refractivity contribution in [1.82, 2.24) is 26.1 Å². The van der Waals surface area contributed by atoms with Crippen molar-refractivity contribution in [2.24, 2.45) is 4.99 Å². The van der Waals surface area contributed by atoms with E-state index < -0.39 is 0 Å². The fraction of sp³-hybridized carbons (Fsp3) is 0.444. The number of rotatable bonds is 6. The molecule has 0 saturated heterocycles. The number of aromatic nitrogens is 2. The van der Waals surface area contributed by atoms with Crippen LogP contribution in [0.3, 0.4) is 0 Å². The molecule has 0 radical (unpaired) electrons. The van der Waals surface area contributed by atoms with E-state index >= 15 is 0 Å². The highest BCUT2D eigenvalue weighted by molar-refractivity contribution is 14.0. The molecule has 0 aliphatic carbocycles. The van der Waals surface area contributed by atoms with E-state index in [0.717, 1.165) is 5.56 Å². The number of guanidine groups is 1. The molecule has 2 rings (SSSR count). The molecule has 0 saturated carbocycles. The van der Waals surface area contributed by atoms with Gasteiger partial charge in [0.1, 0.15) is 6.54 Å². The lowest BCUT2D eigenvalue weighted by Crippen LogP contribution is -2.43. The summed E-state index contributed by atoms with van der Waals surface area (Å²) in [6, 6.07) is 7.23. The summed E-state index contributed by atoms with van der Waals surface area (Å²) in [6.07, 6.45) is 0. The lowest BCUT2D eigenvalue weighted by molar-refractivity contribution is -0.121. The maximum absolute atomic E-state index is 11.9. The number of nitrogens with zero attached hydrogens (tertiary/aromatic N) is 3. The number of carbonyl (C=O) groups excluding carboxylic acids is 1. The molecule has 1 amide bonds. The van der Waals surface area contributed by atoms with Crippen LogP contribution in [0.2, 0.25) is 5.02 Å². The number of hydrogen-bond acceptors (Lipinski definition) is 5. The van der Waals surface area contributed by atoms with Crippen LogP contribution in [0.25, 0.3) is 11.4 Å². The van der Waals surface area contributed by atoms with E-state index in [0.29, 0.717) is 29.2 Å². The van der Waals surface area contributed by atoms with Crippen molar-refractivity contribution in [3.05, 3.63) is 35.2 Å². The summed E-state index contributed by atoms with van der Waals surface area (Å²) in [5.74, 6) is 1.19. The summed E-state index contributed by atoms with van der Waals surface area (Å²) in [6.45, 7) is 8.66. The second-order valence-electron chi connectivity index (χ2n) is 6.87. The quantitative estimate of drug-likeness (QED) is 0.307. The molecule has 0 unspecified atom stereocenters. The number of amides is 1. The summed E-state index contributed by atoms with van der Waals surface area (Å²) < 4.78 is 5.25. The van der Waals surface area contributed by atoms with Crippen LogP contribution in [0.1, 0.15) is 33.6 Å². The minimum Gasteiger partial charge on any atom is -0.357 e. The number of hydrogen-bond donors (Lipinski definition) is 3. The first-order valence-electron chi connectivity index (χ1n) is 8.68. The lowest BCUT2D eigenvalue weighted by Gasteiger charge is -2.19. The zero-order valence-corrected chi connectivity index (χ0v) is 19.5. The maximum atomic E-state index is 11.9. The highest BCUT2D eigenvalue weighted by Crippen LogP contribution is 2.19. The summed E-state index contributed by atoms with van der Waals surface area (Å²) in [7, 11) is 0. The third-order valence-corrected chi connectivity index (χ3v) is 3.43. The first-order valence-corrected chi connectivity index (χ1v) is 9.06. The summed E-state index contributed by atoms with van der Waals surface area (Å²) in [5, 5.41) is 13.6. The van der Waals surface area contributed by atoms with Gasteiger partial charge in [-0.3, -0.25) is 4.79 Å². The predicted molar refractivity (Wildman–Crippen MR) is 121 cm³/mol. The zero-order chi connectivity index (χ0) is 19.9. The summed E-state index contributed by atoms with van der Waals surface area (Å²) >= 11 is 5.98. The predicted octanol–water partition coefficient (Wildman–Crippen LogP) is 2.98. The smallest absolute Gasteiger partial charge is 0.246 e. The molecule has 1 heterocycles. The van der Waals surface area contributed by atoms with Gasteiger partial charge in [-0.2, -0.15) is 4.98 Å². The van der Waals surface area contributed by atoms with Gasteiger partial charge in [0, 0.05) is 22.7 Å². The highest BCUT2D eigenvalue weighted by atomic mass is 127. The second-order valence-corrected chi connectivity index (χ2v) is 7.31. The van der Waals surface area contributed by atoms with Crippen molar-refractivity contribution in [1.29, 1.82) is 0 Å². The van der Waals surface area contributed by atoms with Crippen LogP contribution in [0.4, 0.5) is 0 Å². The third kappa shape index (κ3) is 8.42. The average Bonchev–Trinajstić information content (AvgIpc) is 3.05. The number of aliphatic imine (C=N–C) groups is 1. The van der Waals surface area contributed by atoms with Crippen molar-refractivity contribution >= 4 is 47.4 Å². The molecule has 1 aromatic heterocycles. The molecule has 154 valence electrons. The van der Waals surface area contributed by atoms with Crippen molar-refractivity contribution < 1.29 is 9.32 Å². The largest absolute Gasteiger partial charge is 0.357 e. The van der Waals surface area contributed by atoms with Gasteiger partial charge in [-0.05, 0) is 39.8 Å². The Balaban J connectivity index is 0.00000392. The van der Waals surface area contributed by atoms with E-state index in [1.165, 1.54) is 0 Å². The molecule has 10 heteroatoms. The Bertz CT molecular complexity index is 803. The van der Waals surface area contributed by atoms with Crippen molar-refractivity contribution in [2.45, 2.75) is 39.8 Å². The molecule has 28 heavy (non-hydrogen) atoms. The van der Waals surface area contributed by atoms with Crippen molar-refractivity contribution in [3.63, 3.8) is 0 Å². The van der Waals surface area contributed by atoms with E-state index in [1.807, 2.05) is 39.8 Å². The Labute approximate surface area is 186 Å². The number of nitrogens with one attached hydrogen (secondary N) is 3. The normalized spacial score (nSPS) is 11.5. The molecule has 0 aliphatic heterocycles. The molecule has 0 atom stereocenters.